The van der Waals surface area contributed by atoms with Gasteiger partial charge < -0.3 is 5.32 Å². The highest BCUT2D eigenvalue weighted by atomic mass is 32.2. The molecule has 0 aliphatic carbocycles. The molecule has 132 valence electrons. The third-order valence-electron chi connectivity index (χ3n) is 4.00. The van der Waals surface area contributed by atoms with Gasteiger partial charge in [0.05, 0.1) is 10.9 Å². The lowest BCUT2D eigenvalue weighted by Crippen LogP contribution is -2.31. The number of amides is 1. The van der Waals surface area contributed by atoms with Gasteiger partial charge in [-0.3, -0.25) is 4.79 Å². The Bertz CT molecular complexity index is 881. The van der Waals surface area contributed by atoms with E-state index in [0.29, 0.717) is 12.1 Å². The predicted molar refractivity (Wildman–Crippen MR) is 99.3 cm³/mol. The molecule has 0 radical (unpaired) electrons. The highest BCUT2D eigenvalue weighted by Crippen LogP contribution is 2.35. The van der Waals surface area contributed by atoms with Crippen molar-refractivity contribution in [3.8, 4) is 0 Å². The number of carbonyl (C=O) groups is 1. The van der Waals surface area contributed by atoms with E-state index in [0.717, 1.165) is 17.7 Å². The highest BCUT2D eigenvalue weighted by molar-refractivity contribution is 7.99. The molecule has 2 aromatic carbocycles. The molecule has 0 fully saturated rings. The summed E-state index contributed by atoms with van der Waals surface area (Å²) in [6, 6.07) is 14.1. The molecule has 2 aromatic rings. The van der Waals surface area contributed by atoms with E-state index in [-0.39, 0.29) is 16.8 Å². The molecule has 1 amide bonds. The number of sulfonamides is 1. The quantitative estimate of drug-likeness (QED) is 0.841. The molecule has 7 heteroatoms. The zero-order valence-corrected chi connectivity index (χ0v) is 15.5. The van der Waals surface area contributed by atoms with Gasteiger partial charge >= 0.3 is 0 Å². The van der Waals surface area contributed by atoms with E-state index in [2.05, 4.69) is 16.1 Å². The molecule has 5 nitrogen and oxygen atoms in total. The molecule has 0 saturated heterocycles. The maximum Gasteiger partial charge on any atom is 0.251 e. The average Bonchev–Trinajstić information content (AvgIpc) is 2.62. The van der Waals surface area contributed by atoms with Gasteiger partial charge in [0, 0.05) is 22.8 Å². The van der Waals surface area contributed by atoms with Crippen LogP contribution in [-0.4, -0.2) is 26.6 Å². The molecular formula is C18H20N2O3S2. The maximum atomic E-state index is 12.6. The monoisotopic (exact) mass is 376 g/mol. The fourth-order valence-corrected chi connectivity index (χ4v) is 5.02. The lowest BCUT2D eigenvalue weighted by Gasteiger charge is -2.26. The Morgan fingerprint density at radius 1 is 1.20 bits per heavy atom. The summed E-state index contributed by atoms with van der Waals surface area (Å²) in [5, 5.41) is 3.03. The van der Waals surface area contributed by atoms with Crippen molar-refractivity contribution in [2.45, 2.75) is 29.2 Å². The number of carbonyl (C=O) groups excluding carboxylic acids is 1. The molecular weight excluding hydrogens is 356 g/mol. The first-order valence-corrected chi connectivity index (χ1v) is 10.6. The zero-order valence-electron chi connectivity index (χ0n) is 13.9. The summed E-state index contributed by atoms with van der Waals surface area (Å²) in [7, 11) is -3.58. The summed E-state index contributed by atoms with van der Waals surface area (Å²) in [4.78, 5) is 13.9. The number of hydrogen-bond donors (Lipinski definition) is 2. The van der Waals surface area contributed by atoms with Crippen molar-refractivity contribution in [3.63, 3.8) is 0 Å². The smallest absolute Gasteiger partial charge is 0.251 e. The van der Waals surface area contributed by atoms with Crippen molar-refractivity contribution in [1.29, 1.82) is 0 Å². The second kappa shape index (κ2) is 7.59. The SMILES string of the molecule is CCNS(=O)(=O)c1cccc(C(=O)N[C@@H]2CCSc3ccccc32)c1. The van der Waals surface area contributed by atoms with Crippen LogP contribution in [0.2, 0.25) is 0 Å². The van der Waals surface area contributed by atoms with Crippen LogP contribution in [0.4, 0.5) is 0 Å². The summed E-state index contributed by atoms with van der Waals surface area (Å²) in [5.41, 5.74) is 1.46. The van der Waals surface area contributed by atoms with Crippen molar-refractivity contribution >= 4 is 27.7 Å². The third-order valence-corrected chi connectivity index (χ3v) is 6.67. The second-order valence-electron chi connectivity index (χ2n) is 5.73. The largest absolute Gasteiger partial charge is 0.345 e. The Labute approximate surface area is 152 Å². The van der Waals surface area contributed by atoms with Gasteiger partial charge in [-0.1, -0.05) is 31.2 Å². The number of nitrogens with one attached hydrogen (secondary N) is 2. The number of fused-ring (bicyclic) bond motifs is 1. The van der Waals surface area contributed by atoms with Crippen LogP contribution < -0.4 is 10.0 Å². The first-order valence-electron chi connectivity index (χ1n) is 8.13. The maximum absolute atomic E-state index is 12.6. The van der Waals surface area contributed by atoms with Crippen LogP contribution in [0.25, 0.3) is 0 Å². The Kier molecular flexibility index (Phi) is 5.46. The molecule has 0 bridgehead atoms. The average molecular weight is 377 g/mol. The van der Waals surface area contributed by atoms with Crippen LogP contribution in [0, 0.1) is 0 Å². The summed E-state index contributed by atoms with van der Waals surface area (Å²) in [6.45, 7) is 2.02. The van der Waals surface area contributed by atoms with Gasteiger partial charge in [-0.05, 0) is 36.2 Å². The molecule has 0 unspecified atom stereocenters. The minimum atomic E-state index is -3.58. The molecule has 0 aromatic heterocycles. The molecule has 1 aliphatic heterocycles. The van der Waals surface area contributed by atoms with Gasteiger partial charge in [0.2, 0.25) is 10.0 Å². The van der Waals surface area contributed by atoms with E-state index in [4.69, 9.17) is 0 Å². The van der Waals surface area contributed by atoms with Crippen molar-refractivity contribution < 1.29 is 13.2 Å². The van der Waals surface area contributed by atoms with Crippen molar-refractivity contribution in [1.82, 2.24) is 10.0 Å². The molecule has 2 N–H and O–H groups in total. The molecule has 1 heterocycles. The fraction of sp³-hybridized carbons (Fsp3) is 0.278. The number of rotatable bonds is 5. The van der Waals surface area contributed by atoms with Gasteiger partial charge in [0.25, 0.3) is 5.91 Å². The van der Waals surface area contributed by atoms with Gasteiger partial charge in [0.1, 0.15) is 0 Å². The van der Waals surface area contributed by atoms with E-state index in [9.17, 15) is 13.2 Å². The molecule has 3 rings (SSSR count). The van der Waals surface area contributed by atoms with Gasteiger partial charge in [-0.15, -0.1) is 11.8 Å². The van der Waals surface area contributed by atoms with E-state index in [1.165, 1.54) is 17.0 Å². The van der Waals surface area contributed by atoms with E-state index in [1.54, 1.807) is 30.8 Å². The fourth-order valence-electron chi connectivity index (χ4n) is 2.81. The molecule has 1 aliphatic rings. The Morgan fingerprint density at radius 2 is 2.00 bits per heavy atom. The van der Waals surface area contributed by atoms with Crippen molar-refractivity contribution in [3.05, 3.63) is 59.7 Å². The van der Waals surface area contributed by atoms with E-state index >= 15 is 0 Å². The molecule has 0 spiro atoms. The first kappa shape index (κ1) is 18.0. The Morgan fingerprint density at radius 3 is 2.80 bits per heavy atom. The standard InChI is InChI=1S/C18H20N2O3S2/c1-2-19-25(22,23)14-7-5-6-13(12-14)18(21)20-16-10-11-24-17-9-4-3-8-15(16)17/h3-9,12,16,19H,2,10-11H2,1H3,(H,20,21)/t16-/m1/s1. The van der Waals surface area contributed by atoms with Crippen LogP contribution in [0.1, 0.15) is 35.3 Å². The van der Waals surface area contributed by atoms with Crippen molar-refractivity contribution in [2.24, 2.45) is 0 Å². The normalized spacial score (nSPS) is 16.9. The summed E-state index contributed by atoms with van der Waals surface area (Å²) >= 11 is 1.79. The second-order valence-corrected chi connectivity index (χ2v) is 8.63. The summed E-state index contributed by atoms with van der Waals surface area (Å²) in [6.07, 6.45) is 0.850. The number of benzene rings is 2. The summed E-state index contributed by atoms with van der Waals surface area (Å²) < 4.78 is 26.7. The predicted octanol–water partition coefficient (Wildman–Crippen LogP) is 2.95. The molecule has 25 heavy (non-hydrogen) atoms. The van der Waals surface area contributed by atoms with Gasteiger partial charge in [0.15, 0.2) is 0 Å². The lowest BCUT2D eigenvalue weighted by molar-refractivity contribution is 0.0934. The van der Waals surface area contributed by atoms with Crippen LogP contribution in [0.3, 0.4) is 0 Å². The van der Waals surface area contributed by atoms with Crippen LogP contribution in [-0.2, 0) is 10.0 Å². The van der Waals surface area contributed by atoms with E-state index in [1.807, 2.05) is 18.2 Å². The highest BCUT2D eigenvalue weighted by Gasteiger charge is 2.23. The zero-order chi connectivity index (χ0) is 17.9. The summed E-state index contributed by atoms with van der Waals surface area (Å²) in [5.74, 6) is 0.678. The lowest BCUT2D eigenvalue weighted by atomic mass is 10.0. The molecule has 0 saturated carbocycles. The Hall–Kier alpha value is -1.83. The van der Waals surface area contributed by atoms with E-state index < -0.39 is 10.0 Å². The van der Waals surface area contributed by atoms with Gasteiger partial charge in [-0.2, -0.15) is 0 Å². The number of hydrogen-bond acceptors (Lipinski definition) is 4. The van der Waals surface area contributed by atoms with Crippen molar-refractivity contribution in [2.75, 3.05) is 12.3 Å². The minimum absolute atomic E-state index is 0.0565. The Balaban J connectivity index is 1.81. The van der Waals surface area contributed by atoms with Crippen LogP contribution >= 0.6 is 11.8 Å². The topological polar surface area (TPSA) is 75.3 Å². The minimum Gasteiger partial charge on any atom is -0.345 e. The van der Waals surface area contributed by atoms with Crippen LogP contribution in [0.5, 0.6) is 0 Å². The number of thioether (sulfide) groups is 1. The molecule has 1 atom stereocenters. The van der Waals surface area contributed by atoms with Crippen LogP contribution in [0.15, 0.2) is 58.3 Å². The first-order chi connectivity index (χ1) is 12.0. The third kappa shape index (κ3) is 4.05. The van der Waals surface area contributed by atoms with Gasteiger partial charge in [-0.25, -0.2) is 13.1 Å².